The molecule has 3 nitrogen and oxygen atoms in total. The Morgan fingerprint density at radius 3 is 2.60 bits per heavy atom. The number of benzene rings is 1. The van der Waals surface area contributed by atoms with E-state index in [-0.39, 0.29) is 0 Å². The van der Waals surface area contributed by atoms with Gasteiger partial charge < -0.3 is 5.32 Å². The third-order valence-electron chi connectivity index (χ3n) is 3.74. The first-order valence-corrected chi connectivity index (χ1v) is 7.60. The van der Waals surface area contributed by atoms with Gasteiger partial charge in [0.25, 0.3) is 0 Å². The summed E-state index contributed by atoms with van der Waals surface area (Å²) in [4.78, 5) is 0. The Hall–Kier alpha value is -1.61. The molecule has 3 heteroatoms. The molecule has 0 aliphatic carbocycles. The second-order valence-corrected chi connectivity index (χ2v) is 5.34. The van der Waals surface area contributed by atoms with Crippen LogP contribution in [-0.2, 0) is 0 Å². The molecule has 108 valence electrons. The maximum atomic E-state index is 4.46. The molecule has 0 spiro atoms. The predicted molar refractivity (Wildman–Crippen MR) is 84.1 cm³/mol. The first kappa shape index (κ1) is 14.8. The van der Waals surface area contributed by atoms with Gasteiger partial charge >= 0.3 is 0 Å². The molecule has 2 aromatic rings. The summed E-state index contributed by atoms with van der Waals surface area (Å²) >= 11 is 0. The summed E-state index contributed by atoms with van der Waals surface area (Å²) in [5, 5.41) is 8.16. The molecular weight excluding hydrogens is 246 g/mol. The zero-order valence-electron chi connectivity index (χ0n) is 12.7. The number of hydrogen-bond acceptors (Lipinski definition) is 2. The molecule has 0 saturated heterocycles. The van der Waals surface area contributed by atoms with Crippen molar-refractivity contribution in [3.8, 4) is 5.69 Å². The molecule has 1 heterocycles. The van der Waals surface area contributed by atoms with Crippen LogP contribution in [0.4, 0.5) is 0 Å². The van der Waals surface area contributed by atoms with Gasteiger partial charge in [0.1, 0.15) is 0 Å². The molecule has 0 aliphatic rings. The van der Waals surface area contributed by atoms with E-state index >= 15 is 0 Å². The summed E-state index contributed by atoms with van der Waals surface area (Å²) < 4.78 is 1.94. The van der Waals surface area contributed by atoms with Crippen molar-refractivity contribution < 1.29 is 0 Å². The van der Waals surface area contributed by atoms with E-state index in [0.29, 0.717) is 12.1 Å². The molecule has 0 fully saturated rings. The highest BCUT2D eigenvalue weighted by Gasteiger charge is 2.13. The molecule has 2 unspecified atom stereocenters. The van der Waals surface area contributed by atoms with Gasteiger partial charge in [-0.2, -0.15) is 5.10 Å². The fraction of sp³-hybridized carbons (Fsp3) is 0.471. The number of rotatable bonds is 7. The average molecular weight is 271 g/mol. The third-order valence-corrected chi connectivity index (χ3v) is 3.74. The van der Waals surface area contributed by atoms with Crippen molar-refractivity contribution in [1.29, 1.82) is 0 Å². The molecule has 2 atom stereocenters. The Kier molecular flexibility index (Phi) is 5.36. The lowest BCUT2D eigenvalue weighted by Gasteiger charge is -2.21. The highest BCUT2D eigenvalue weighted by Crippen LogP contribution is 2.16. The molecule has 0 amide bonds. The quantitative estimate of drug-likeness (QED) is 0.821. The lowest BCUT2D eigenvalue weighted by molar-refractivity contribution is 0.417. The van der Waals surface area contributed by atoms with E-state index in [1.165, 1.54) is 24.8 Å². The lowest BCUT2D eigenvalue weighted by Crippen LogP contribution is -2.30. The molecule has 2 rings (SSSR count). The van der Waals surface area contributed by atoms with E-state index in [1.54, 1.807) is 0 Å². The Morgan fingerprint density at radius 1 is 1.20 bits per heavy atom. The van der Waals surface area contributed by atoms with Crippen molar-refractivity contribution in [3.05, 3.63) is 48.3 Å². The average Bonchev–Trinajstić information content (AvgIpc) is 2.97. The van der Waals surface area contributed by atoms with Crippen molar-refractivity contribution in [1.82, 2.24) is 15.1 Å². The summed E-state index contributed by atoms with van der Waals surface area (Å²) in [6, 6.07) is 11.2. The summed E-state index contributed by atoms with van der Waals surface area (Å²) in [5.74, 6) is 0. The molecule has 20 heavy (non-hydrogen) atoms. The van der Waals surface area contributed by atoms with Crippen LogP contribution in [0.15, 0.2) is 42.7 Å². The van der Waals surface area contributed by atoms with Crippen molar-refractivity contribution in [2.24, 2.45) is 0 Å². The first-order valence-electron chi connectivity index (χ1n) is 7.60. The number of para-hydroxylation sites is 1. The number of nitrogens with zero attached hydrogens (tertiary/aromatic N) is 2. The van der Waals surface area contributed by atoms with E-state index in [2.05, 4.69) is 49.5 Å². The zero-order chi connectivity index (χ0) is 14.4. The number of nitrogens with one attached hydrogen (secondary N) is 1. The number of aromatic nitrogens is 2. The van der Waals surface area contributed by atoms with Crippen LogP contribution in [0, 0.1) is 0 Å². The maximum absolute atomic E-state index is 4.46. The van der Waals surface area contributed by atoms with E-state index in [0.717, 1.165) is 5.69 Å². The van der Waals surface area contributed by atoms with Crippen molar-refractivity contribution in [3.63, 3.8) is 0 Å². The summed E-state index contributed by atoms with van der Waals surface area (Å²) in [5.41, 5.74) is 2.34. The predicted octanol–water partition coefficient (Wildman–Crippen LogP) is 4.10. The Morgan fingerprint density at radius 2 is 1.95 bits per heavy atom. The Bertz CT molecular complexity index is 504. The first-order chi connectivity index (χ1) is 9.74. The largest absolute Gasteiger partial charge is 0.307 e. The minimum absolute atomic E-state index is 0.337. The van der Waals surface area contributed by atoms with Crippen LogP contribution >= 0.6 is 0 Å². The Labute approximate surface area is 122 Å². The van der Waals surface area contributed by atoms with Crippen LogP contribution in [0.5, 0.6) is 0 Å². The summed E-state index contributed by atoms with van der Waals surface area (Å²) in [6.07, 6.45) is 7.70. The van der Waals surface area contributed by atoms with Gasteiger partial charge in [0, 0.05) is 23.8 Å². The van der Waals surface area contributed by atoms with Crippen molar-refractivity contribution >= 4 is 0 Å². The van der Waals surface area contributed by atoms with Gasteiger partial charge in [0.05, 0.1) is 11.9 Å². The summed E-state index contributed by atoms with van der Waals surface area (Å²) in [7, 11) is 0. The molecule has 1 aromatic carbocycles. The van der Waals surface area contributed by atoms with Gasteiger partial charge in [-0.25, -0.2) is 4.68 Å². The minimum atomic E-state index is 0.337. The molecule has 0 aliphatic heterocycles. The highest BCUT2D eigenvalue weighted by atomic mass is 15.3. The normalized spacial score (nSPS) is 14.2. The van der Waals surface area contributed by atoms with Gasteiger partial charge in [-0.05, 0) is 31.9 Å². The molecule has 0 saturated carbocycles. The molecule has 1 aromatic heterocycles. The Balaban J connectivity index is 2.05. The monoisotopic (exact) mass is 271 g/mol. The fourth-order valence-electron chi connectivity index (χ4n) is 2.49. The lowest BCUT2D eigenvalue weighted by atomic mass is 10.1. The third kappa shape index (κ3) is 3.70. The van der Waals surface area contributed by atoms with E-state index in [4.69, 9.17) is 0 Å². The van der Waals surface area contributed by atoms with Crippen molar-refractivity contribution in [2.75, 3.05) is 0 Å². The van der Waals surface area contributed by atoms with Crippen LogP contribution in [0.2, 0.25) is 0 Å². The second kappa shape index (κ2) is 7.25. The van der Waals surface area contributed by atoms with Crippen LogP contribution in [-0.4, -0.2) is 15.8 Å². The maximum Gasteiger partial charge on any atom is 0.0645 e. The van der Waals surface area contributed by atoms with Gasteiger partial charge in [-0.3, -0.25) is 0 Å². The van der Waals surface area contributed by atoms with Gasteiger partial charge in [-0.1, -0.05) is 38.5 Å². The standard InChI is InChI=1S/C17H25N3/c1-4-9-16(5-2)19-14(3)15-12-18-20(13-15)17-10-7-6-8-11-17/h6-8,10-14,16,19H,4-5,9H2,1-3H3. The number of hydrogen-bond donors (Lipinski definition) is 1. The van der Waals surface area contributed by atoms with Crippen LogP contribution in [0.3, 0.4) is 0 Å². The molecule has 0 bridgehead atoms. The van der Waals surface area contributed by atoms with Crippen molar-refractivity contribution in [2.45, 2.75) is 52.1 Å². The zero-order valence-corrected chi connectivity index (χ0v) is 12.7. The SMILES string of the molecule is CCCC(CC)NC(C)c1cnn(-c2ccccc2)c1. The topological polar surface area (TPSA) is 29.9 Å². The van der Waals surface area contributed by atoms with Gasteiger partial charge in [-0.15, -0.1) is 0 Å². The van der Waals surface area contributed by atoms with Crippen LogP contribution in [0.1, 0.15) is 51.6 Å². The summed E-state index contributed by atoms with van der Waals surface area (Å²) in [6.45, 7) is 6.69. The van der Waals surface area contributed by atoms with E-state index < -0.39 is 0 Å². The van der Waals surface area contributed by atoms with E-state index in [9.17, 15) is 0 Å². The van der Waals surface area contributed by atoms with Crippen LogP contribution in [0.25, 0.3) is 5.69 Å². The highest BCUT2D eigenvalue weighted by molar-refractivity contribution is 5.31. The molecule has 0 radical (unpaired) electrons. The van der Waals surface area contributed by atoms with E-state index in [1.807, 2.05) is 29.1 Å². The molecular formula is C17H25N3. The van der Waals surface area contributed by atoms with Gasteiger partial charge in [0.15, 0.2) is 0 Å². The van der Waals surface area contributed by atoms with Gasteiger partial charge in [0.2, 0.25) is 0 Å². The molecule has 1 N–H and O–H groups in total. The fourth-order valence-corrected chi connectivity index (χ4v) is 2.49. The minimum Gasteiger partial charge on any atom is -0.307 e. The van der Waals surface area contributed by atoms with Crippen LogP contribution < -0.4 is 5.32 Å². The second-order valence-electron chi connectivity index (χ2n) is 5.34. The smallest absolute Gasteiger partial charge is 0.0645 e.